The van der Waals surface area contributed by atoms with Crippen LogP contribution in [-0.2, 0) is 11.2 Å². The maximum atomic E-state index is 12.2. The third-order valence-electron chi connectivity index (χ3n) is 2.84. The molecule has 1 aliphatic heterocycles. The van der Waals surface area contributed by atoms with Crippen molar-refractivity contribution >= 4 is 50.9 Å². The Morgan fingerprint density at radius 1 is 1.33 bits per heavy atom. The van der Waals surface area contributed by atoms with Gasteiger partial charge in [0.15, 0.2) is 5.78 Å². The summed E-state index contributed by atoms with van der Waals surface area (Å²) in [7, 11) is 0. The monoisotopic (exact) mass is 295 g/mol. The highest BCUT2D eigenvalue weighted by Crippen LogP contribution is 2.27. The second-order valence-electron chi connectivity index (χ2n) is 4.15. The van der Waals surface area contributed by atoms with Crippen molar-refractivity contribution in [2.24, 2.45) is 0 Å². The minimum absolute atomic E-state index is 0.177. The second-order valence-corrected chi connectivity index (χ2v) is 7.73. The summed E-state index contributed by atoms with van der Waals surface area (Å²) < 4.78 is 1.17. The van der Waals surface area contributed by atoms with E-state index in [1.807, 2.05) is 30.0 Å². The molecule has 1 aromatic heterocycles. The van der Waals surface area contributed by atoms with Gasteiger partial charge in [0.25, 0.3) is 0 Å². The molecule has 0 bridgehead atoms. The van der Waals surface area contributed by atoms with Crippen LogP contribution in [-0.4, -0.2) is 33.3 Å². The average molecular weight is 295 g/mol. The van der Waals surface area contributed by atoms with Gasteiger partial charge >= 0.3 is 0 Å². The van der Waals surface area contributed by atoms with Crippen LogP contribution in [0, 0.1) is 0 Å². The number of hydrogen-bond acceptors (Lipinski definition) is 5. The van der Waals surface area contributed by atoms with Crippen LogP contribution in [0.4, 0.5) is 0 Å². The number of Topliss-reactive ketones (excluding diaryl/α,β-unsaturated/α-hetero) is 1. The van der Waals surface area contributed by atoms with Crippen molar-refractivity contribution in [3.8, 4) is 0 Å². The molecule has 5 heteroatoms. The molecule has 1 atom stereocenters. The van der Waals surface area contributed by atoms with E-state index in [1.54, 1.807) is 23.1 Å². The van der Waals surface area contributed by atoms with Crippen LogP contribution in [0.25, 0.3) is 10.2 Å². The molecule has 1 saturated heterocycles. The van der Waals surface area contributed by atoms with Crippen LogP contribution in [0.15, 0.2) is 24.3 Å². The van der Waals surface area contributed by atoms with Crippen LogP contribution < -0.4 is 0 Å². The lowest BCUT2D eigenvalue weighted by molar-refractivity contribution is -0.117. The first-order chi connectivity index (χ1) is 8.83. The van der Waals surface area contributed by atoms with Gasteiger partial charge < -0.3 is 0 Å². The third-order valence-corrected chi connectivity index (χ3v) is 6.68. The lowest BCUT2D eigenvalue weighted by Gasteiger charge is -2.18. The van der Waals surface area contributed by atoms with Crippen molar-refractivity contribution in [2.75, 3.05) is 17.3 Å². The van der Waals surface area contributed by atoms with E-state index in [9.17, 15) is 4.79 Å². The Bertz CT molecular complexity index is 527. The number of carbonyl (C=O) groups is 1. The fourth-order valence-electron chi connectivity index (χ4n) is 1.93. The van der Waals surface area contributed by atoms with Crippen LogP contribution in [0.2, 0.25) is 0 Å². The van der Waals surface area contributed by atoms with Gasteiger partial charge in [-0.3, -0.25) is 4.79 Å². The summed E-state index contributed by atoms with van der Waals surface area (Å²) in [5.41, 5.74) is 1.01. The predicted octanol–water partition coefficient (Wildman–Crippen LogP) is 3.26. The lowest BCUT2D eigenvalue weighted by Crippen LogP contribution is -2.25. The van der Waals surface area contributed by atoms with Crippen LogP contribution in [0.3, 0.4) is 0 Å². The fraction of sp³-hybridized carbons (Fsp3) is 0.385. The Hall–Kier alpha value is -0.520. The summed E-state index contributed by atoms with van der Waals surface area (Å²) in [6, 6.07) is 8.07. The van der Waals surface area contributed by atoms with E-state index in [0.29, 0.717) is 12.2 Å². The second kappa shape index (κ2) is 5.63. The van der Waals surface area contributed by atoms with E-state index < -0.39 is 0 Å². The maximum absolute atomic E-state index is 12.2. The Balaban J connectivity index is 1.73. The molecule has 0 spiro atoms. The highest BCUT2D eigenvalue weighted by atomic mass is 32.2. The molecule has 2 heterocycles. The topological polar surface area (TPSA) is 30.0 Å². The summed E-state index contributed by atoms with van der Waals surface area (Å²) in [5, 5.41) is 1.13. The van der Waals surface area contributed by atoms with E-state index in [1.165, 1.54) is 10.5 Å². The third kappa shape index (κ3) is 2.73. The summed E-state index contributed by atoms with van der Waals surface area (Å²) in [4.78, 5) is 16.7. The van der Waals surface area contributed by atoms with E-state index in [4.69, 9.17) is 0 Å². The standard InChI is InChI=1S/C13H13NOS3/c15-10(12-8-16-5-6-17-12)7-13-14-9-3-1-2-4-11(9)18-13/h1-4,12H,5-8H2. The largest absolute Gasteiger partial charge is 0.298 e. The molecular formula is C13H13NOS3. The number of thiazole rings is 1. The molecule has 0 saturated carbocycles. The smallest absolute Gasteiger partial charge is 0.153 e. The number of nitrogens with zero attached hydrogens (tertiary/aromatic N) is 1. The number of thioether (sulfide) groups is 2. The van der Waals surface area contributed by atoms with Crippen molar-refractivity contribution in [1.29, 1.82) is 0 Å². The first-order valence-electron chi connectivity index (χ1n) is 5.89. The van der Waals surface area contributed by atoms with Crippen molar-refractivity contribution in [3.63, 3.8) is 0 Å². The number of para-hydroxylation sites is 1. The first-order valence-corrected chi connectivity index (χ1v) is 8.91. The minimum atomic E-state index is 0.177. The number of aromatic nitrogens is 1. The molecule has 2 nitrogen and oxygen atoms in total. The molecule has 0 radical (unpaired) electrons. The number of fused-ring (bicyclic) bond motifs is 1. The summed E-state index contributed by atoms with van der Waals surface area (Å²) in [6.07, 6.45) is 0.498. The number of carbonyl (C=O) groups excluding carboxylic acids is 1. The normalized spacial score (nSPS) is 20.1. The van der Waals surface area contributed by atoms with Gasteiger partial charge in [0, 0.05) is 17.3 Å². The first kappa shape index (κ1) is 12.5. The summed E-state index contributed by atoms with van der Waals surface area (Å²) in [6.45, 7) is 0. The van der Waals surface area contributed by atoms with Gasteiger partial charge in [-0.2, -0.15) is 11.8 Å². The molecule has 18 heavy (non-hydrogen) atoms. The molecule has 0 aliphatic carbocycles. The fourth-order valence-corrected chi connectivity index (χ4v) is 5.56. The quantitative estimate of drug-likeness (QED) is 0.869. The zero-order valence-corrected chi connectivity index (χ0v) is 12.2. The lowest BCUT2D eigenvalue weighted by atomic mass is 10.2. The van der Waals surface area contributed by atoms with Gasteiger partial charge in [-0.05, 0) is 12.1 Å². The SMILES string of the molecule is O=C(Cc1nc2ccccc2s1)C1CSCCS1. The Morgan fingerprint density at radius 2 is 2.22 bits per heavy atom. The Kier molecular flexibility index (Phi) is 3.91. The highest BCUT2D eigenvalue weighted by Gasteiger charge is 2.23. The molecule has 2 aromatic rings. The molecule has 3 rings (SSSR count). The zero-order valence-electron chi connectivity index (χ0n) is 9.80. The van der Waals surface area contributed by atoms with Gasteiger partial charge in [-0.25, -0.2) is 4.98 Å². The molecular weight excluding hydrogens is 282 g/mol. The molecule has 1 fully saturated rings. The molecule has 1 aromatic carbocycles. The highest BCUT2D eigenvalue weighted by molar-refractivity contribution is 8.07. The predicted molar refractivity (Wildman–Crippen MR) is 81.9 cm³/mol. The van der Waals surface area contributed by atoms with Crippen LogP contribution in [0.1, 0.15) is 5.01 Å². The molecule has 1 aliphatic rings. The van der Waals surface area contributed by atoms with E-state index in [2.05, 4.69) is 11.1 Å². The van der Waals surface area contributed by atoms with Gasteiger partial charge in [-0.1, -0.05) is 12.1 Å². The molecule has 0 amide bonds. The molecule has 0 N–H and O–H groups in total. The van der Waals surface area contributed by atoms with E-state index in [0.717, 1.165) is 22.0 Å². The van der Waals surface area contributed by atoms with Crippen molar-refractivity contribution < 1.29 is 4.79 Å². The average Bonchev–Trinajstić information content (AvgIpc) is 2.82. The number of hydrogen-bond donors (Lipinski definition) is 0. The van der Waals surface area contributed by atoms with Gasteiger partial charge in [0.05, 0.1) is 21.9 Å². The Labute approximate surface area is 119 Å². The van der Waals surface area contributed by atoms with E-state index in [-0.39, 0.29) is 5.25 Å². The van der Waals surface area contributed by atoms with E-state index >= 15 is 0 Å². The minimum Gasteiger partial charge on any atom is -0.298 e. The van der Waals surface area contributed by atoms with Gasteiger partial charge in [0.1, 0.15) is 5.01 Å². The van der Waals surface area contributed by atoms with Crippen LogP contribution >= 0.6 is 34.9 Å². The zero-order chi connectivity index (χ0) is 12.4. The number of rotatable bonds is 3. The van der Waals surface area contributed by atoms with Crippen molar-refractivity contribution in [2.45, 2.75) is 11.7 Å². The number of ketones is 1. The van der Waals surface area contributed by atoms with Gasteiger partial charge in [-0.15, -0.1) is 23.1 Å². The molecule has 94 valence electrons. The summed E-state index contributed by atoms with van der Waals surface area (Å²) >= 11 is 5.33. The van der Waals surface area contributed by atoms with Gasteiger partial charge in [0.2, 0.25) is 0 Å². The van der Waals surface area contributed by atoms with Crippen LogP contribution in [0.5, 0.6) is 0 Å². The van der Waals surface area contributed by atoms with Crippen molar-refractivity contribution in [3.05, 3.63) is 29.3 Å². The molecule has 1 unspecified atom stereocenters. The number of benzene rings is 1. The van der Waals surface area contributed by atoms with Crippen molar-refractivity contribution in [1.82, 2.24) is 4.98 Å². The summed E-state index contributed by atoms with van der Waals surface area (Å²) in [5.74, 6) is 3.58. The Morgan fingerprint density at radius 3 is 3.00 bits per heavy atom. The maximum Gasteiger partial charge on any atom is 0.153 e.